The Morgan fingerprint density at radius 2 is 2.42 bits per heavy atom. The van der Waals surface area contributed by atoms with E-state index in [0.717, 1.165) is 17.9 Å². The summed E-state index contributed by atoms with van der Waals surface area (Å²) in [5, 5.41) is 0. The first-order valence-corrected chi connectivity index (χ1v) is 5.61. The fraction of sp³-hybridized carbons (Fsp3) is 0.889. The lowest BCUT2D eigenvalue weighted by atomic mass is 10.1. The first kappa shape index (κ1) is 9.90. The summed E-state index contributed by atoms with van der Waals surface area (Å²) in [7, 11) is 0. The van der Waals surface area contributed by atoms with Crippen LogP contribution in [-0.4, -0.2) is 23.6 Å². The maximum absolute atomic E-state index is 11.2. The van der Waals surface area contributed by atoms with Gasteiger partial charge in [-0.05, 0) is 18.1 Å². The Morgan fingerprint density at radius 1 is 1.67 bits per heavy atom. The first-order chi connectivity index (χ1) is 5.68. The van der Waals surface area contributed by atoms with E-state index in [0.29, 0.717) is 12.3 Å². The van der Waals surface area contributed by atoms with Crippen LogP contribution in [0.5, 0.6) is 0 Å². The highest BCUT2D eigenvalue weighted by molar-refractivity contribution is 7.99. The van der Waals surface area contributed by atoms with Gasteiger partial charge in [0.1, 0.15) is 6.10 Å². The number of thioether (sulfide) groups is 1. The van der Waals surface area contributed by atoms with Crippen molar-refractivity contribution in [1.29, 1.82) is 0 Å². The van der Waals surface area contributed by atoms with E-state index in [9.17, 15) is 4.79 Å². The summed E-state index contributed by atoms with van der Waals surface area (Å²) in [6, 6.07) is 0. The van der Waals surface area contributed by atoms with Crippen LogP contribution in [0.2, 0.25) is 0 Å². The second-order valence-electron chi connectivity index (χ2n) is 3.57. The van der Waals surface area contributed by atoms with Gasteiger partial charge in [-0.3, -0.25) is 4.79 Å². The molecule has 0 spiro atoms. The van der Waals surface area contributed by atoms with Crippen LogP contribution in [0, 0.1) is 5.92 Å². The summed E-state index contributed by atoms with van der Waals surface area (Å²) in [5.41, 5.74) is 0. The molecule has 2 nitrogen and oxygen atoms in total. The number of rotatable bonds is 3. The molecule has 0 amide bonds. The number of hydrogen-bond donors (Lipinski definition) is 0. The molecule has 1 heterocycles. The normalized spacial score (nSPS) is 23.1. The first-order valence-electron chi connectivity index (χ1n) is 4.45. The lowest BCUT2D eigenvalue weighted by molar-refractivity contribution is -0.148. The third-order valence-electron chi connectivity index (χ3n) is 1.76. The molecule has 0 N–H and O–H groups in total. The highest BCUT2D eigenvalue weighted by atomic mass is 32.2. The van der Waals surface area contributed by atoms with Crippen LogP contribution in [-0.2, 0) is 9.53 Å². The van der Waals surface area contributed by atoms with Crippen molar-refractivity contribution in [3.63, 3.8) is 0 Å². The van der Waals surface area contributed by atoms with Gasteiger partial charge in [0.25, 0.3) is 0 Å². The van der Waals surface area contributed by atoms with E-state index >= 15 is 0 Å². The van der Waals surface area contributed by atoms with Crippen molar-refractivity contribution in [3.8, 4) is 0 Å². The zero-order valence-corrected chi connectivity index (χ0v) is 8.52. The van der Waals surface area contributed by atoms with Crippen LogP contribution in [0.15, 0.2) is 0 Å². The highest BCUT2D eigenvalue weighted by Gasteiger charge is 2.19. The van der Waals surface area contributed by atoms with Crippen molar-refractivity contribution in [1.82, 2.24) is 0 Å². The standard InChI is InChI=1S/C9H16O2S/c1-7(2)5-9(10)11-8-3-4-12-6-8/h7-8H,3-6H2,1-2H3. The average molecular weight is 188 g/mol. The molecule has 1 rings (SSSR count). The molecule has 0 aromatic rings. The van der Waals surface area contributed by atoms with Crippen molar-refractivity contribution in [2.75, 3.05) is 11.5 Å². The van der Waals surface area contributed by atoms with Crippen molar-refractivity contribution in [2.45, 2.75) is 32.8 Å². The second-order valence-corrected chi connectivity index (χ2v) is 4.72. The summed E-state index contributed by atoms with van der Waals surface area (Å²) in [5.74, 6) is 2.51. The molecule has 0 saturated carbocycles. The largest absolute Gasteiger partial charge is 0.461 e. The Labute approximate surface area is 78.1 Å². The number of carbonyl (C=O) groups is 1. The Morgan fingerprint density at radius 3 is 2.92 bits per heavy atom. The predicted octanol–water partition coefficient (Wildman–Crippen LogP) is 2.08. The maximum Gasteiger partial charge on any atom is 0.306 e. The molecule has 70 valence electrons. The number of hydrogen-bond acceptors (Lipinski definition) is 3. The van der Waals surface area contributed by atoms with E-state index in [1.54, 1.807) is 0 Å². The van der Waals surface area contributed by atoms with Gasteiger partial charge >= 0.3 is 5.97 Å². The smallest absolute Gasteiger partial charge is 0.306 e. The van der Waals surface area contributed by atoms with Crippen LogP contribution >= 0.6 is 11.8 Å². The lowest BCUT2D eigenvalue weighted by Gasteiger charge is -2.11. The zero-order chi connectivity index (χ0) is 8.97. The average Bonchev–Trinajstić information content (AvgIpc) is 2.37. The van der Waals surface area contributed by atoms with Gasteiger partial charge in [0.15, 0.2) is 0 Å². The Hall–Kier alpha value is -0.180. The molecule has 0 bridgehead atoms. The highest BCUT2D eigenvalue weighted by Crippen LogP contribution is 2.20. The van der Waals surface area contributed by atoms with E-state index in [2.05, 4.69) is 0 Å². The quantitative estimate of drug-likeness (QED) is 0.634. The van der Waals surface area contributed by atoms with Crippen molar-refractivity contribution in [2.24, 2.45) is 5.92 Å². The van der Waals surface area contributed by atoms with E-state index < -0.39 is 0 Å². The molecule has 0 radical (unpaired) electrons. The van der Waals surface area contributed by atoms with Gasteiger partial charge in [-0.1, -0.05) is 13.8 Å². The fourth-order valence-electron chi connectivity index (χ4n) is 1.17. The predicted molar refractivity (Wildman–Crippen MR) is 51.3 cm³/mol. The summed E-state index contributed by atoms with van der Waals surface area (Å²) in [6.45, 7) is 4.06. The third-order valence-corrected chi connectivity index (χ3v) is 2.89. The molecule has 12 heavy (non-hydrogen) atoms. The van der Waals surface area contributed by atoms with Gasteiger partial charge in [-0.15, -0.1) is 0 Å². The molecule has 1 fully saturated rings. The van der Waals surface area contributed by atoms with Crippen molar-refractivity contribution in [3.05, 3.63) is 0 Å². The Balaban J connectivity index is 2.16. The van der Waals surface area contributed by atoms with Gasteiger partial charge in [-0.2, -0.15) is 11.8 Å². The summed E-state index contributed by atoms with van der Waals surface area (Å²) >= 11 is 1.87. The SMILES string of the molecule is CC(C)CC(=O)OC1CCSC1. The number of ether oxygens (including phenoxy) is 1. The van der Waals surface area contributed by atoms with Crippen LogP contribution < -0.4 is 0 Å². The van der Waals surface area contributed by atoms with Crippen LogP contribution in [0.4, 0.5) is 0 Å². The van der Waals surface area contributed by atoms with E-state index in [-0.39, 0.29) is 12.1 Å². The molecule has 1 aliphatic heterocycles. The lowest BCUT2D eigenvalue weighted by Crippen LogP contribution is -2.18. The second kappa shape index (κ2) is 4.75. The molecule has 1 atom stereocenters. The molecule has 1 aliphatic rings. The van der Waals surface area contributed by atoms with Crippen molar-refractivity contribution >= 4 is 17.7 Å². The van der Waals surface area contributed by atoms with Crippen LogP contribution in [0.1, 0.15) is 26.7 Å². The molecule has 0 aliphatic carbocycles. The Bertz CT molecular complexity index is 151. The molecule has 1 saturated heterocycles. The summed E-state index contributed by atoms with van der Waals surface area (Å²) < 4.78 is 5.26. The maximum atomic E-state index is 11.2. The molecular weight excluding hydrogens is 172 g/mol. The Kier molecular flexibility index (Phi) is 3.92. The minimum absolute atomic E-state index is 0.0301. The van der Waals surface area contributed by atoms with Gasteiger partial charge in [0.05, 0.1) is 0 Å². The number of carbonyl (C=O) groups excluding carboxylic acids is 1. The van der Waals surface area contributed by atoms with E-state index in [4.69, 9.17) is 4.74 Å². The zero-order valence-electron chi connectivity index (χ0n) is 7.71. The third kappa shape index (κ3) is 3.48. The number of esters is 1. The van der Waals surface area contributed by atoms with Crippen LogP contribution in [0.25, 0.3) is 0 Å². The molecule has 3 heteroatoms. The molecule has 0 aromatic carbocycles. The summed E-state index contributed by atoms with van der Waals surface area (Å²) in [4.78, 5) is 11.2. The monoisotopic (exact) mass is 188 g/mol. The molecule has 1 unspecified atom stereocenters. The van der Waals surface area contributed by atoms with Gasteiger partial charge in [0.2, 0.25) is 0 Å². The summed E-state index contributed by atoms with van der Waals surface area (Å²) in [6.07, 6.45) is 1.79. The van der Waals surface area contributed by atoms with E-state index in [1.807, 2.05) is 25.6 Å². The molecule has 0 aromatic heterocycles. The minimum atomic E-state index is -0.0301. The van der Waals surface area contributed by atoms with E-state index in [1.165, 1.54) is 0 Å². The van der Waals surface area contributed by atoms with Gasteiger partial charge in [-0.25, -0.2) is 0 Å². The van der Waals surface area contributed by atoms with Crippen molar-refractivity contribution < 1.29 is 9.53 Å². The topological polar surface area (TPSA) is 26.3 Å². The minimum Gasteiger partial charge on any atom is -0.461 e. The molecular formula is C9H16O2S. The van der Waals surface area contributed by atoms with Gasteiger partial charge < -0.3 is 4.74 Å². The fourth-order valence-corrected chi connectivity index (χ4v) is 2.27. The van der Waals surface area contributed by atoms with Gasteiger partial charge in [0, 0.05) is 12.2 Å². The van der Waals surface area contributed by atoms with Crippen LogP contribution in [0.3, 0.4) is 0 Å².